The fourth-order valence-corrected chi connectivity index (χ4v) is 4.94. The third-order valence-corrected chi connectivity index (χ3v) is 7.59. The highest BCUT2D eigenvalue weighted by molar-refractivity contribution is 6.28. The second kappa shape index (κ2) is 24.5. The van der Waals surface area contributed by atoms with Gasteiger partial charge in [0, 0.05) is 47.0 Å². The van der Waals surface area contributed by atoms with E-state index in [4.69, 9.17) is 36.3 Å². The Hall–Kier alpha value is -6.91. The molecular formula is C46H47ClN6O4. The molecule has 292 valence electrons. The van der Waals surface area contributed by atoms with E-state index < -0.39 is 0 Å². The molecule has 6 rings (SSSR count). The van der Waals surface area contributed by atoms with Gasteiger partial charge in [0.05, 0.1) is 24.6 Å². The average Bonchev–Trinajstić information content (AvgIpc) is 3.23. The van der Waals surface area contributed by atoms with Crippen molar-refractivity contribution in [1.82, 2.24) is 19.9 Å². The number of halogens is 1. The summed E-state index contributed by atoms with van der Waals surface area (Å²) in [7, 11) is 0. The van der Waals surface area contributed by atoms with E-state index in [-0.39, 0.29) is 5.28 Å². The van der Waals surface area contributed by atoms with Crippen LogP contribution in [-0.2, 0) is 0 Å². The first kappa shape index (κ1) is 42.8. The Morgan fingerprint density at radius 1 is 0.561 bits per heavy atom. The second-order valence-corrected chi connectivity index (χ2v) is 12.1. The Labute approximate surface area is 340 Å². The highest BCUT2D eigenvalue weighted by Gasteiger charge is 2.06. The first-order valence-corrected chi connectivity index (χ1v) is 18.5. The molecule has 11 heteroatoms. The number of aromatic nitrogens is 4. The van der Waals surface area contributed by atoms with E-state index in [1.165, 1.54) is 0 Å². The van der Waals surface area contributed by atoms with E-state index in [2.05, 4.69) is 51.6 Å². The number of anilines is 3. The predicted octanol–water partition coefficient (Wildman–Crippen LogP) is 11.0. The molecule has 0 saturated carbocycles. The molecule has 0 fully saturated rings. The van der Waals surface area contributed by atoms with Crippen molar-refractivity contribution in [2.45, 2.75) is 12.8 Å². The number of ether oxygens (including phenoxy) is 4. The van der Waals surface area contributed by atoms with Gasteiger partial charge in [0.25, 0.3) is 0 Å². The van der Waals surface area contributed by atoms with E-state index in [1.54, 1.807) is 30.6 Å². The van der Waals surface area contributed by atoms with Crippen molar-refractivity contribution in [2.75, 3.05) is 37.5 Å². The Kier molecular flexibility index (Phi) is 18.4. The number of nitrogens with zero attached hydrogens (tertiary/aromatic N) is 4. The molecule has 6 aromatic rings. The zero-order valence-electron chi connectivity index (χ0n) is 31.8. The standard InChI is InChI=1S/C23H23N3O2.C14H13ClN2O.C9H11NO/c1-3-5-15-28-20-10-6-8-18(16-20)22-12-13-24-23(26-22)25-19-9-7-11-21(17-19)27-14-4-2;1-2-3-9-18-12-6-4-5-11(10-12)13-7-8-16-14(15)17-13;1-2-6-11-9-5-3-4-8(10)7-9/h3-4,6-13,16-17H,1-2,5,14-15H2,(H,24,25,26);2,4-8,10H,1,3,9H2;2-5,7H,1,6,10H2. The molecule has 4 aromatic carbocycles. The van der Waals surface area contributed by atoms with Crippen molar-refractivity contribution in [2.24, 2.45) is 0 Å². The molecule has 0 bridgehead atoms. The number of hydrogen-bond donors (Lipinski definition) is 2. The van der Waals surface area contributed by atoms with Crippen molar-refractivity contribution in [3.8, 4) is 45.5 Å². The minimum absolute atomic E-state index is 0.241. The smallest absolute Gasteiger partial charge is 0.227 e. The summed E-state index contributed by atoms with van der Waals surface area (Å²) in [6.07, 6.45) is 12.1. The number of benzene rings is 4. The van der Waals surface area contributed by atoms with Crippen LogP contribution in [0.2, 0.25) is 5.28 Å². The molecule has 2 aromatic heterocycles. The fourth-order valence-electron chi connectivity index (χ4n) is 4.79. The van der Waals surface area contributed by atoms with E-state index in [0.29, 0.717) is 38.1 Å². The van der Waals surface area contributed by atoms with Crippen LogP contribution in [0.25, 0.3) is 22.5 Å². The lowest BCUT2D eigenvalue weighted by atomic mass is 10.1. The third kappa shape index (κ3) is 15.8. The molecule has 3 N–H and O–H groups in total. The van der Waals surface area contributed by atoms with Gasteiger partial charge < -0.3 is 30.0 Å². The minimum Gasteiger partial charge on any atom is -0.493 e. The van der Waals surface area contributed by atoms with Gasteiger partial charge in [-0.05, 0) is 85.1 Å². The van der Waals surface area contributed by atoms with Gasteiger partial charge >= 0.3 is 0 Å². The SMILES string of the molecule is C=CCCOc1cccc(-c2ccnc(Cl)n2)c1.C=CCCOc1cccc(-c2ccnc(Nc3cccc(OCC=C)c3)n2)c1.C=CCOc1cccc(N)c1. The Bertz CT molecular complexity index is 2180. The van der Waals surface area contributed by atoms with E-state index in [9.17, 15) is 0 Å². The maximum absolute atomic E-state index is 5.77. The van der Waals surface area contributed by atoms with Crippen LogP contribution in [0, 0.1) is 0 Å². The zero-order valence-corrected chi connectivity index (χ0v) is 32.6. The summed E-state index contributed by atoms with van der Waals surface area (Å²) in [5, 5.41) is 3.46. The van der Waals surface area contributed by atoms with Crippen LogP contribution in [0.15, 0.2) is 172 Å². The minimum atomic E-state index is 0.241. The molecule has 10 nitrogen and oxygen atoms in total. The lowest BCUT2D eigenvalue weighted by Gasteiger charge is -2.10. The fraction of sp³-hybridized carbons (Fsp3) is 0.130. The molecule has 57 heavy (non-hydrogen) atoms. The summed E-state index contributed by atoms with van der Waals surface area (Å²) in [6, 6.07) is 34.2. The molecular weight excluding hydrogens is 736 g/mol. The van der Waals surface area contributed by atoms with E-state index >= 15 is 0 Å². The third-order valence-electron chi connectivity index (χ3n) is 7.41. The molecule has 0 aliphatic heterocycles. The Morgan fingerprint density at radius 2 is 1.07 bits per heavy atom. The van der Waals surface area contributed by atoms with Crippen LogP contribution < -0.4 is 30.0 Å². The summed E-state index contributed by atoms with van der Waals surface area (Å²) in [6.45, 7) is 16.8. The topological polar surface area (TPSA) is 127 Å². The molecule has 0 radical (unpaired) electrons. The number of rotatable bonds is 18. The van der Waals surface area contributed by atoms with Crippen LogP contribution in [0.1, 0.15) is 12.8 Å². The van der Waals surface area contributed by atoms with Crippen LogP contribution in [0.5, 0.6) is 23.0 Å². The molecule has 0 aliphatic carbocycles. The summed E-state index contributed by atoms with van der Waals surface area (Å²) in [5.41, 5.74) is 10.6. The largest absolute Gasteiger partial charge is 0.493 e. The highest BCUT2D eigenvalue weighted by Crippen LogP contribution is 2.26. The maximum Gasteiger partial charge on any atom is 0.227 e. The van der Waals surface area contributed by atoms with Gasteiger partial charge in [-0.1, -0.05) is 73.9 Å². The van der Waals surface area contributed by atoms with E-state index in [1.807, 2.05) is 115 Å². The monoisotopic (exact) mass is 782 g/mol. The van der Waals surface area contributed by atoms with Gasteiger partial charge in [-0.15, -0.1) is 13.2 Å². The normalized spacial score (nSPS) is 9.91. The lowest BCUT2D eigenvalue weighted by molar-refractivity contribution is 0.325. The Morgan fingerprint density at radius 3 is 1.61 bits per heavy atom. The van der Waals surface area contributed by atoms with Crippen molar-refractivity contribution in [1.29, 1.82) is 0 Å². The molecule has 0 saturated heterocycles. The zero-order chi connectivity index (χ0) is 40.5. The van der Waals surface area contributed by atoms with Gasteiger partial charge in [0.2, 0.25) is 11.2 Å². The van der Waals surface area contributed by atoms with Gasteiger partial charge in [-0.2, -0.15) is 0 Å². The van der Waals surface area contributed by atoms with Crippen LogP contribution >= 0.6 is 11.6 Å². The van der Waals surface area contributed by atoms with Crippen LogP contribution in [-0.4, -0.2) is 46.4 Å². The van der Waals surface area contributed by atoms with Gasteiger partial charge in [0.1, 0.15) is 36.2 Å². The molecule has 0 amide bonds. The quantitative estimate of drug-likeness (QED) is 0.0376. The van der Waals surface area contributed by atoms with Crippen molar-refractivity contribution in [3.63, 3.8) is 0 Å². The lowest BCUT2D eigenvalue weighted by Crippen LogP contribution is -1.99. The second-order valence-electron chi connectivity index (χ2n) is 11.8. The number of nitrogen functional groups attached to an aromatic ring is 1. The van der Waals surface area contributed by atoms with Crippen LogP contribution in [0.3, 0.4) is 0 Å². The molecule has 0 atom stereocenters. The van der Waals surface area contributed by atoms with Gasteiger partial charge in [-0.25, -0.2) is 19.9 Å². The van der Waals surface area contributed by atoms with E-state index in [0.717, 1.165) is 64.0 Å². The number of hydrogen-bond acceptors (Lipinski definition) is 10. The van der Waals surface area contributed by atoms with Crippen molar-refractivity contribution < 1.29 is 18.9 Å². The summed E-state index contributed by atoms with van der Waals surface area (Å²) in [5.74, 6) is 3.66. The molecule has 0 spiro atoms. The summed E-state index contributed by atoms with van der Waals surface area (Å²) >= 11 is 5.77. The molecule has 0 aliphatic rings. The number of nitrogens with two attached hydrogens (primary N) is 1. The Balaban J connectivity index is 0.000000211. The first-order chi connectivity index (χ1) is 27.9. The number of nitrogens with one attached hydrogen (secondary N) is 1. The predicted molar refractivity (Wildman–Crippen MR) is 233 cm³/mol. The first-order valence-electron chi connectivity index (χ1n) is 18.1. The summed E-state index contributed by atoms with van der Waals surface area (Å²) in [4.78, 5) is 17.0. The highest BCUT2D eigenvalue weighted by atomic mass is 35.5. The van der Waals surface area contributed by atoms with Crippen molar-refractivity contribution in [3.05, 3.63) is 177 Å². The average molecular weight is 783 g/mol. The van der Waals surface area contributed by atoms with Gasteiger partial charge in [0.15, 0.2) is 0 Å². The maximum atomic E-state index is 5.77. The van der Waals surface area contributed by atoms with Gasteiger partial charge in [-0.3, -0.25) is 0 Å². The van der Waals surface area contributed by atoms with Crippen LogP contribution in [0.4, 0.5) is 17.3 Å². The summed E-state index contributed by atoms with van der Waals surface area (Å²) < 4.78 is 22.1. The molecule has 2 heterocycles. The molecule has 0 unspecified atom stereocenters. The van der Waals surface area contributed by atoms with Crippen molar-refractivity contribution >= 4 is 28.9 Å².